The third kappa shape index (κ3) is 3.23. The molecule has 1 aromatic heterocycles. The largest absolute Gasteiger partial charge is 0.348 e. The first-order valence-electron chi connectivity index (χ1n) is 6.86. The maximum absolute atomic E-state index is 12.1. The van der Waals surface area contributed by atoms with Crippen molar-refractivity contribution in [2.24, 2.45) is 0 Å². The molecule has 1 N–H and O–H groups in total. The fourth-order valence-corrected chi connectivity index (χ4v) is 1.87. The molecule has 5 heteroatoms. The monoisotopic (exact) mass is 272 g/mol. The second-order valence-electron chi connectivity index (χ2n) is 4.95. The van der Waals surface area contributed by atoms with Gasteiger partial charge in [-0.2, -0.15) is 0 Å². The highest BCUT2D eigenvalue weighted by Gasteiger charge is 2.17. The highest BCUT2D eigenvalue weighted by atomic mass is 16.2. The minimum Gasteiger partial charge on any atom is -0.348 e. The van der Waals surface area contributed by atoms with Gasteiger partial charge in [0.05, 0.1) is 12.2 Å². The lowest BCUT2D eigenvalue weighted by Crippen LogP contribution is -2.32. The van der Waals surface area contributed by atoms with E-state index < -0.39 is 0 Å². The fourth-order valence-electron chi connectivity index (χ4n) is 1.87. The summed E-state index contributed by atoms with van der Waals surface area (Å²) < 4.78 is 1.75. The van der Waals surface area contributed by atoms with Gasteiger partial charge in [0.25, 0.3) is 5.91 Å². The summed E-state index contributed by atoms with van der Waals surface area (Å²) in [5, 5.41) is 11.0. The van der Waals surface area contributed by atoms with E-state index in [0.717, 1.165) is 17.7 Å². The van der Waals surface area contributed by atoms with Crippen LogP contribution in [-0.4, -0.2) is 26.9 Å². The van der Waals surface area contributed by atoms with Crippen LogP contribution >= 0.6 is 0 Å². The van der Waals surface area contributed by atoms with Gasteiger partial charge < -0.3 is 5.32 Å². The Labute approximate surface area is 119 Å². The summed E-state index contributed by atoms with van der Waals surface area (Å²) in [7, 11) is 0. The molecule has 0 saturated heterocycles. The molecule has 0 aliphatic carbocycles. The molecule has 0 fully saturated rings. The summed E-state index contributed by atoms with van der Waals surface area (Å²) in [6.45, 7) is 6.50. The van der Waals surface area contributed by atoms with Crippen LogP contribution in [0.1, 0.15) is 42.0 Å². The maximum atomic E-state index is 12.1. The zero-order chi connectivity index (χ0) is 14.5. The van der Waals surface area contributed by atoms with Crippen molar-refractivity contribution in [3.8, 4) is 0 Å². The number of aromatic nitrogens is 3. The number of carbonyl (C=O) groups is 1. The summed E-state index contributed by atoms with van der Waals surface area (Å²) in [5.74, 6) is -0.156. The number of hydrogen-bond donors (Lipinski definition) is 1. The zero-order valence-electron chi connectivity index (χ0n) is 12.1. The van der Waals surface area contributed by atoms with Crippen LogP contribution in [0.5, 0.6) is 0 Å². The van der Waals surface area contributed by atoms with Crippen molar-refractivity contribution in [1.82, 2.24) is 20.3 Å². The van der Waals surface area contributed by atoms with Crippen LogP contribution in [0.3, 0.4) is 0 Å². The van der Waals surface area contributed by atoms with Gasteiger partial charge in [-0.25, -0.2) is 4.68 Å². The third-order valence-electron chi connectivity index (χ3n) is 3.36. The second-order valence-corrected chi connectivity index (χ2v) is 4.95. The lowest BCUT2D eigenvalue weighted by molar-refractivity contribution is 0.0933. The van der Waals surface area contributed by atoms with Crippen LogP contribution in [0.2, 0.25) is 0 Å². The Morgan fingerprint density at radius 3 is 2.70 bits per heavy atom. The SMILES string of the molecule is CCC(C)NC(=O)c1nnn(Cc2ccccc2)c1C. The Bertz CT molecular complexity index is 577. The first kappa shape index (κ1) is 14.2. The average molecular weight is 272 g/mol. The van der Waals surface area contributed by atoms with E-state index in [1.165, 1.54) is 0 Å². The van der Waals surface area contributed by atoms with E-state index in [2.05, 4.69) is 15.6 Å². The molecular weight excluding hydrogens is 252 g/mol. The molecule has 0 bridgehead atoms. The van der Waals surface area contributed by atoms with Gasteiger partial charge in [-0.3, -0.25) is 4.79 Å². The Morgan fingerprint density at radius 2 is 2.05 bits per heavy atom. The van der Waals surface area contributed by atoms with Gasteiger partial charge >= 0.3 is 0 Å². The van der Waals surface area contributed by atoms with Gasteiger partial charge in [0.2, 0.25) is 0 Å². The van der Waals surface area contributed by atoms with E-state index in [4.69, 9.17) is 0 Å². The number of nitrogens with one attached hydrogen (secondary N) is 1. The topological polar surface area (TPSA) is 59.8 Å². The van der Waals surface area contributed by atoms with E-state index in [9.17, 15) is 4.79 Å². The lowest BCUT2D eigenvalue weighted by atomic mass is 10.2. The van der Waals surface area contributed by atoms with E-state index in [1.54, 1.807) is 4.68 Å². The lowest BCUT2D eigenvalue weighted by Gasteiger charge is -2.10. The quantitative estimate of drug-likeness (QED) is 0.907. The van der Waals surface area contributed by atoms with Gasteiger partial charge in [-0.05, 0) is 25.8 Å². The molecular formula is C15H20N4O. The molecule has 106 valence electrons. The molecule has 2 rings (SSSR count). The Morgan fingerprint density at radius 1 is 1.35 bits per heavy atom. The molecule has 1 heterocycles. The molecule has 2 aromatic rings. The number of nitrogens with zero attached hydrogens (tertiary/aromatic N) is 3. The maximum Gasteiger partial charge on any atom is 0.273 e. The number of benzene rings is 1. The van der Waals surface area contributed by atoms with Crippen LogP contribution in [-0.2, 0) is 6.54 Å². The molecule has 1 amide bonds. The smallest absolute Gasteiger partial charge is 0.273 e. The summed E-state index contributed by atoms with van der Waals surface area (Å²) >= 11 is 0. The van der Waals surface area contributed by atoms with Crippen LogP contribution in [0.15, 0.2) is 30.3 Å². The molecule has 1 unspecified atom stereocenters. The fraction of sp³-hybridized carbons (Fsp3) is 0.400. The molecule has 0 aliphatic heterocycles. The van der Waals surface area contributed by atoms with Gasteiger partial charge in [-0.15, -0.1) is 5.10 Å². The molecule has 0 spiro atoms. The van der Waals surface area contributed by atoms with E-state index in [0.29, 0.717) is 12.2 Å². The minimum atomic E-state index is -0.156. The summed E-state index contributed by atoms with van der Waals surface area (Å²) in [6.07, 6.45) is 0.892. The number of rotatable bonds is 5. The number of carbonyl (C=O) groups excluding carboxylic acids is 1. The van der Waals surface area contributed by atoms with Crippen molar-refractivity contribution >= 4 is 5.91 Å². The molecule has 0 aliphatic rings. The predicted octanol–water partition coefficient (Wildman–Crippen LogP) is 2.16. The molecule has 1 aromatic carbocycles. The van der Waals surface area contributed by atoms with Crippen molar-refractivity contribution in [2.75, 3.05) is 0 Å². The van der Waals surface area contributed by atoms with E-state index >= 15 is 0 Å². The van der Waals surface area contributed by atoms with Gasteiger partial charge in [0, 0.05) is 6.04 Å². The van der Waals surface area contributed by atoms with Crippen LogP contribution in [0.25, 0.3) is 0 Å². The van der Waals surface area contributed by atoms with Crippen molar-refractivity contribution < 1.29 is 4.79 Å². The van der Waals surface area contributed by atoms with Crippen molar-refractivity contribution in [3.63, 3.8) is 0 Å². The summed E-state index contributed by atoms with van der Waals surface area (Å²) in [4.78, 5) is 12.1. The average Bonchev–Trinajstić information content (AvgIpc) is 2.81. The van der Waals surface area contributed by atoms with Crippen LogP contribution in [0, 0.1) is 6.92 Å². The van der Waals surface area contributed by atoms with Crippen molar-refractivity contribution in [2.45, 2.75) is 39.8 Å². The molecule has 1 atom stereocenters. The predicted molar refractivity (Wildman–Crippen MR) is 77.5 cm³/mol. The minimum absolute atomic E-state index is 0.140. The van der Waals surface area contributed by atoms with E-state index in [-0.39, 0.29) is 11.9 Å². The Kier molecular flexibility index (Phi) is 4.50. The van der Waals surface area contributed by atoms with Crippen molar-refractivity contribution in [1.29, 1.82) is 0 Å². The molecule has 5 nitrogen and oxygen atoms in total. The molecule has 0 saturated carbocycles. The van der Waals surface area contributed by atoms with Gasteiger partial charge in [0.1, 0.15) is 0 Å². The normalized spacial score (nSPS) is 12.2. The highest BCUT2D eigenvalue weighted by molar-refractivity contribution is 5.93. The Hall–Kier alpha value is -2.17. The zero-order valence-corrected chi connectivity index (χ0v) is 12.1. The molecule has 0 radical (unpaired) electrons. The van der Waals surface area contributed by atoms with Gasteiger partial charge in [0.15, 0.2) is 5.69 Å². The van der Waals surface area contributed by atoms with Crippen LogP contribution in [0.4, 0.5) is 0 Å². The summed E-state index contributed by atoms with van der Waals surface area (Å²) in [6, 6.07) is 10.1. The van der Waals surface area contributed by atoms with Gasteiger partial charge in [-0.1, -0.05) is 42.5 Å². The number of amides is 1. The summed E-state index contributed by atoms with van der Waals surface area (Å²) in [5.41, 5.74) is 2.32. The molecule has 20 heavy (non-hydrogen) atoms. The van der Waals surface area contributed by atoms with Crippen molar-refractivity contribution in [3.05, 3.63) is 47.3 Å². The highest BCUT2D eigenvalue weighted by Crippen LogP contribution is 2.08. The Balaban J connectivity index is 2.13. The first-order chi connectivity index (χ1) is 9.61. The third-order valence-corrected chi connectivity index (χ3v) is 3.36. The second kappa shape index (κ2) is 6.32. The number of hydrogen-bond acceptors (Lipinski definition) is 3. The standard InChI is InChI=1S/C15H20N4O/c1-4-11(2)16-15(20)14-12(3)19(18-17-14)10-13-8-6-5-7-9-13/h5-9,11H,4,10H2,1-3H3,(H,16,20). The first-order valence-corrected chi connectivity index (χ1v) is 6.86. The van der Waals surface area contributed by atoms with Crippen LogP contribution < -0.4 is 5.32 Å². The van der Waals surface area contributed by atoms with E-state index in [1.807, 2.05) is 51.1 Å².